The number of rotatable bonds is 9. The fourth-order valence-corrected chi connectivity index (χ4v) is 19.3. The van der Waals surface area contributed by atoms with Crippen molar-refractivity contribution in [3.63, 3.8) is 0 Å². The maximum atomic E-state index is 6.10. The van der Waals surface area contributed by atoms with Gasteiger partial charge in [-0.05, 0) is 223 Å². The standard InChI is InChI=1S/3C39H24N2O/c1-2-9-25(10-3-1)34-14-8-16-39(40-34)41-35-19-17-28(22-31(35)32-21-26-11-4-5-12-27(26)24-36(32)41)29-18-20-38-33(23-29)30-13-6-7-15-37(30)42-38;1-2-8-25(9-3-1)29-17-21-38(40-24-29)41-35-19-15-27(22-33(35)32-18-14-26-10-4-5-11-30(26)39(32)41)28-16-20-37-34(23-28)31-12-6-7-13-36(31)42-37;1-2-8-25(9-3-1)29-20-21-40-38(24-29)41-34-17-15-27(23-33(34)39-30-11-5-4-10-26(30)14-18-35(39)41)28-16-19-37-32(22-28)31-12-6-7-13-36(31)42-37/h3*1-24H. The predicted molar refractivity (Wildman–Crippen MR) is 523 cm³/mol. The maximum Gasteiger partial charge on any atom is 0.138 e. The Bertz CT molecular complexity index is 8950. The van der Waals surface area contributed by atoms with Crippen LogP contribution in [0.3, 0.4) is 0 Å². The number of nitrogens with zero attached hydrogens (tertiary/aromatic N) is 6. The Hall–Kier alpha value is -17.0. The molecule has 18 aromatic carbocycles. The minimum atomic E-state index is 0.907. The molecule has 0 aliphatic heterocycles. The summed E-state index contributed by atoms with van der Waals surface area (Å²) in [5, 5.41) is 21.5. The van der Waals surface area contributed by atoms with Crippen LogP contribution in [0.2, 0.25) is 0 Å². The first kappa shape index (κ1) is 71.9. The third-order valence-electron chi connectivity index (χ3n) is 25.3. The Kier molecular flexibility index (Phi) is 16.8. The summed E-state index contributed by atoms with van der Waals surface area (Å²) >= 11 is 0. The molecule has 0 saturated carbocycles. The zero-order valence-electron chi connectivity index (χ0n) is 68.0. The van der Waals surface area contributed by atoms with Crippen molar-refractivity contribution in [2.45, 2.75) is 0 Å². The van der Waals surface area contributed by atoms with Crippen LogP contribution in [0.4, 0.5) is 0 Å². The number of fused-ring (bicyclic) bond motifs is 23. The van der Waals surface area contributed by atoms with Gasteiger partial charge in [0.1, 0.15) is 51.0 Å². The summed E-state index contributed by atoms with van der Waals surface area (Å²) in [6.45, 7) is 0. The van der Waals surface area contributed by atoms with Crippen molar-refractivity contribution in [1.82, 2.24) is 28.7 Å². The zero-order valence-corrected chi connectivity index (χ0v) is 68.0. The number of furan rings is 3. The smallest absolute Gasteiger partial charge is 0.138 e. The van der Waals surface area contributed by atoms with Crippen molar-refractivity contribution >= 4 is 164 Å². The van der Waals surface area contributed by atoms with E-state index in [1.54, 1.807) is 0 Å². The molecular formula is C117H72N6O3. The van der Waals surface area contributed by atoms with Crippen molar-refractivity contribution in [3.8, 4) is 84.3 Å². The van der Waals surface area contributed by atoms with Gasteiger partial charge < -0.3 is 13.3 Å². The topological polar surface area (TPSA) is 92.9 Å². The van der Waals surface area contributed by atoms with Gasteiger partial charge in [-0.15, -0.1) is 0 Å². The summed E-state index contributed by atoms with van der Waals surface area (Å²) in [6, 6.07) is 150. The zero-order chi connectivity index (χ0) is 82.9. The predicted octanol–water partition coefficient (Wildman–Crippen LogP) is 31.7. The number of hydrogen-bond acceptors (Lipinski definition) is 6. The van der Waals surface area contributed by atoms with E-state index in [0.29, 0.717) is 0 Å². The van der Waals surface area contributed by atoms with Crippen molar-refractivity contribution in [1.29, 1.82) is 0 Å². The van der Waals surface area contributed by atoms with Crippen LogP contribution in [0.15, 0.2) is 450 Å². The SMILES string of the molecule is c1ccc(-c2ccc(-n3c4ccc(-c5ccc6oc7ccccc7c6c5)cc4c4ccc5ccccc5c43)nc2)cc1.c1ccc(-c2cccc(-n3c4ccc(-c5ccc6oc7ccccc7c6c5)cc4c4cc5ccccc5cc43)n2)cc1.c1ccc(-c2ccnc(-n3c4ccc(-c5ccc6oc7ccccc7c6c5)cc4c4c5ccccc5ccc43)c2)cc1. The third-order valence-corrected chi connectivity index (χ3v) is 25.3. The lowest BCUT2D eigenvalue weighted by molar-refractivity contribution is 0.668. The molecule has 9 heterocycles. The first-order valence-corrected chi connectivity index (χ1v) is 42.6. The Morgan fingerprint density at radius 2 is 0.587 bits per heavy atom. The van der Waals surface area contributed by atoms with Crippen molar-refractivity contribution in [2.75, 3.05) is 0 Å². The van der Waals surface area contributed by atoms with E-state index in [9.17, 15) is 0 Å². The second-order valence-corrected chi connectivity index (χ2v) is 32.5. The van der Waals surface area contributed by atoms with Crippen LogP contribution in [-0.2, 0) is 0 Å². The van der Waals surface area contributed by atoms with Crippen LogP contribution < -0.4 is 0 Å². The lowest BCUT2D eigenvalue weighted by Crippen LogP contribution is -1.98. The Labute approximate surface area is 722 Å². The van der Waals surface area contributed by atoms with Gasteiger partial charge in [0.15, 0.2) is 0 Å². The molecule has 126 heavy (non-hydrogen) atoms. The molecule has 0 amide bonds. The Morgan fingerprint density at radius 1 is 0.183 bits per heavy atom. The molecule has 0 N–H and O–H groups in total. The van der Waals surface area contributed by atoms with E-state index >= 15 is 0 Å². The number of aromatic nitrogens is 6. The quantitative estimate of drug-likeness (QED) is 0.143. The molecule has 9 aromatic heterocycles. The van der Waals surface area contributed by atoms with Crippen molar-refractivity contribution in [2.24, 2.45) is 0 Å². The summed E-state index contributed by atoms with van der Waals surface area (Å²) in [4.78, 5) is 15.0. The van der Waals surface area contributed by atoms with Crippen LogP contribution in [0.1, 0.15) is 0 Å². The lowest BCUT2D eigenvalue weighted by Gasteiger charge is -2.10. The van der Waals surface area contributed by atoms with Crippen LogP contribution in [0.25, 0.3) is 248 Å². The molecule has 27 aromatic rings. The Balaban J connectivity index is 0.000000103. The molecule has 0 saturated heterocycles. The molecule has 9 heteroatoms. The minimum absolute atomic E-state index is 0.907. The monoisotopic (exact) mass is 1610 g/mol. The molecule has 0 fully saturated rings. The van der Waals surface area contributed by atoms with E-state index in [0.717, 1.165) is 139 Å². The molecule has 0 aliphatic rings. The van der Waals surface area contributed by atoms with Gasteiger partial charge in [0, 0.05) is 93.5 Å². The fraction of sp³-hybridized carbons (Fsp3) is 0. The normalized spacial score (nSPS) is 11.8. The van der Waals surface area contributed by atoms with Gasteiger partial charge in [-0.2, -0.15) is 0 Å². The van der Waals surface area contributed by atoms with E-state index in [1.807, 2.05) is 67.0 Å². The van der Waals surface area contributed by atoms with E-state index in [2.05, 4.69) is 384 Å². The van der Waals surface area contributed by atoms with E-state index in [1.165, 1.54) is 109 Å². The van der Waals surface area contributed by atoms with Gasteiger partial charge in [-0.1, -0.05) is 279 Å². The molecule has 27 rings (SSSR count). The minimum Gasteiger partial charge on any atom is -0.456 e. The molecule has 0 bridgehead atoms. The van der Waals surface area contributed by atoms with Gasteiger partial charge in [-0.3, -0.25) is 13.7 Å². The van der Waals surface area contributed by atoms with Crippen LogP contribution in [0.5, 0.6) is 0 Å². The van der Waals surface area contributed by atoms with Gasteiger partial charge in [0.05, 0.1) is 38.8 Å². The van der Waals surface area contributed by atoms with Crippen LogP contribution in [-0.4, -0.2) is 28.7 Å². The molecule has 0 atom stereocenters. The number of para-hydroxylation sites is 3. The second kappa shape index (κ2) is 29.4. The van der Waals surface area contributed by atoms with Gasteiger partial charge >= 0.3 is 0 Å². The van der Waals surface area contributed by atoms with Crippen LogP contribution in [0, 0.1) is 0 Å². The first-order chi connectivity index (χ1) is 62.4. The van der Waals surface area contributed by atoms with E-state index in [-0.39, 0.29) is 0 Å². The summed E-state index contributed by atoms with van der Waals surface area (Å²) in [5.74, 6) is 2.72. The third kappa shape index (κ3) is 12.1. The average Bonchev–Trinajstić information content (AvgIpc) is 1.57. The molecule has 0 aliphatic carbocycles. The summed E-state index contributed by atoms with van der Waals surface area (Å²) < 4.78 is 25.2. The lowest BCUT2D eigenvalue weighted by atomic mass is 9.99. The Morgan fingerprint density at radius 3 is 1.16 bits per heavy atom. The van der Waals surface area contributed by atoms with Gasteiger partial charge in [0.25, 0.3) is 0 Å². The maximum absolute atomic E-state index is 6.10. The number of hydrogen-bond donors (Lipinski definition) is 0. The van der Waals surface area contributed by atoms with Gasteiger partial charge in [0.2, 0.25) is 0 Å². The molecule has 0 radical (unpaired) electrons. The average molecular weight is 1610 g/mol. The molecule has 9 nitrogen and oxygen atoms in total. The van der Waals surface area contributed by atoms with E-state index < -0.39 is 0 Å². The highest BCUT2D eigenvalue weighted by Crippen LogP contribution is 2.45. The van der Waals surface area contributed by atoms with Crippen molar-refractivity contribution in [3.05, 3.63) is 437 Å². The molecule has 588 valence electrons. The van der Waals surface area contributed by atoms with Crippen LogP contribution >= 0.6 is 0 Å². The molecule has 0 spiro atoms. The van der Waals surface area contributed by atoms with E-state index in [4.69, 9.17) is 28.2 Å². The highest BCUT2D eigenvalue weighted by atomic mass is 16.3. The summed E-state index contributed by atoms with van der Waals surface area (Å²) in [7, 11) is 0. The number of benzene rings is 18. The summed E-state index contributed by atoms with van der Waals surface area (Å²) in [6.07, 6.45) is 3.89. The van der Waals surface area contributed by atoms with Crippen molar-refractivity contribution < 1.29 is 13.3 Å². The largest absolute Gasteiger partial charge is 0.456 e. The first-order valence-electron chi connectivity index (χ1n) is 42.6. The highest BCUT2D eigenvalue weighted by molar-refractivity contribution is 6.23. The summed E-state index contributed by atoms with van der Waals surface area (Å²) in [5.41, 5.74) is 26.1. The van der Waals surface area contributed by atoms with Gasteiger partial charge in [-0.25, -0.2) is 15.0 Å². The number of pyridine rings is 3. The highest BCUT2D eigenvalue weighted by Gasteiger charge is 2.23. The molecule has 0 unspecified atom stereocenters. The molecular weight excluding hydrogens is 1540 g/mol. The fourth-order valence-electron chi connectivity index (χ4n) is 19.3. The second-order valence-electron chi connectivity index (χ2n) is 32.5.